The summed E-state index contributed by atoms with van der Waals surface area (Å²) in [6, 6.07) is 10.2. The van der Waals surface area contributed by atoms with Crippen molar-refractivity contribution in [1.29, 1.82) is 0 Å². The largest absolute Gasteiger partial charge is 0.495 e. The van der Waals surface area contributed by atoms with Gasteiger partial charge in [0, 0.05) is 34.2 Å². The Morgan fingerprint density at radius 1 is 1.18 bits per heavy atom. The zero-order chi connectivity index (χ0) is 24.1. The first-order valence-corrected chi connectivity index (χ1v) is 11.8. The van der Waals surface area contributed by atoms with Gasteiger partial charge in [-0.3, -0.25) is 14.5 Å². The van der Waals surface area contributed by atoms with Gasteiger partial charge in [-0.05, 0) is 36.1 Å². The number of halogens is 2. The summed E-state index contributed by atoms with van der Waals surface area (Å²) < 4.78 is 5.67. The van der Waals surface area contributed by atoms with Gasteiger partial charge in [-0.25, -0.2) is 0 Å². The van der Waals surface area contributed by atoms with Crippen molar-refractivity contribution >= 4 is 46.3 Å². The van der Waals surface area contributed by atoms with Gasteiger partial charge >= 0.3 is 0 Å². The van der Waals surface area contributed by atoms with E-state index in [1.165, 1.54) is 7.11 Å². The topological polar surface area (TPSA) is 58.6 Å². The zero-order valence-electron chi connectivity index (χ0n) is 19.5. The lowest BCUT2D eigenvalue weighted by atomic mass is 9.73. The third kappa shape index (κ3) is 4.24. The summed E-state index contributed by atoms with van der Waals surface area (Å²) in [7, 11) is 1.53. The van der Waals surface area contributed by atoms with Crippen molar-refractivity contribution in [2.75, 3.05) is 17.3 Å². The van der Waals surface area contributed by atoms with Gasteiger partial charge in [-0.2, -0.15) is 0 Å². The molecule has 0 fully saturated rings. The Labute approximate surface area is 204 Å². The van der Waals surface area contributed by atoms with Gasteiger partial charge in [-0.1, -0.05) is 63.0 Å². The van der Waals surface area contributed by atoms with E-state index in [0.717, 1.165) is 11.4 Å². The second-order valence-corrected chi connectivity index (χ2v) is 10.6. The second kappa shape index (κ2) is 8.69. The molecule has 1 N–H and O–H groups in total. The second-order valence-electron chi connectivity index (χ2n) is 9.75. The molecule has 0 saturated carbocycles. The summed E-state index contributed by atoms with van der Waals surface area (Å²) in [5.41, 5.74) is 3.21. The smallest absolute Gasteiger partial charge is 0.230 e. The van der Waals surface area contributed by atoms with Crippen molar-refractivity contribution in [3.8, 4) is 5.75 Å². The minimum Gasteiger partial charge on any atom is -0.495 e. The molecule has 0 spiro atoms. The van der Waals surface area contributed by atoms with Crippen LogP contribution in [-0.4, -0.2) is 18.8 Å². The van der Waals surface area contributed by atoms with E-state index in [2.05, 4.69) is 19.2 Å². The van der Waals surface area contributed by atoms with Crippen LogP contribution in [0.3, 0.4) is 0 Å². The molecule has 1 aliphatic carbocycles. The number of carbonyl (C=O) groups is 2. The van der Waals surface area contributed by atoms with Gasteiger partial charge < -0.3 is 10.1 Å². The van der Waals surface area contributed by atoms with E-state index in [4.69, 9.17) is 27.9 Å². The Balaban J connectivity index is 2.10. The van der Waals surface area contributed by atoms with Gasteiger partial charge in [0.05, 0.1) is 29.5 Å². The van der Waals surface area contributed by atoms with Gasteiger partial charge in [0.2, 0.25) is 5.91 Å². The van der Waals surface area contributed by atoms with E-state index in [1.807, 2.05) is 38.1 Å². The molecule has 1 heterocycles. The molecular weight excluding hydrogens is 459 g/mol. The van der Waals surface area contributed by atoms with Crippen molar-refractivity contribution in [2.45, 2.75) is 46.6 Å². The molecule has 2 aromatic carbocycles. The zero-order valence-corrected chi connectivity index (χ0v) is 21.0. The third-order valence-corrected chi connectivity index (χ3v) is 6.67. The van der Waals surface area contributed by atoms with E-state index >= 15 is 0 Å². The van der Waals surface area contributed by atoms with E-state index in [-0.39, 0.29) is 23.0 Å². The van der Waals surface area contributed by atoms with Gasteiger partial charge in [-0.15, -0.1) is 0 Å². The summed E-state index contributed by atoms with van der Waals surface area (Å²) >= 11 is 12.9. The molecule has 174 valence electrons. The highest BCUT2D eigenvalue weighted by atomic mass is 35.5. The van der Waals surface area contributed by atoms with Crippen LogP contribution >= 0.6 is 23.2 Å². The molecule has 2 aromatic rings. The Morgan fingerprint density at radius 3 is 2.55 bits per heavy atom. The number of nitrogens with one attached hydrogen (secondary N) is 1. The minimum atomic E-state index is -0.735. The number of carbonyl (C=O) groups excluding carboxylic acids is 2. The molecule has 5 nitrogen and oxygen atoms in total. The average molecular weight is 487 g/mol. The standard InChI is InChI=1S/C26H28Cl2N2O3/c1-14(2)25(32)30-20-9-7-6-8-18(20)29-19-12-26(3,4)13-21(31)22(19)23(30)16-10-15(27)11-17(28)24(16)33-5/h6-11,14,23,29H,12-13H2,1-5H3. The number of methoxy groups -OCH3 is 1. The predicted octanol–water partition coefficient (Wildman–Crippen LogP) is 6.80. The summed E-state index contributed by atoms with van der Waals surface area (Å²) in [5.74, 6) is -0.0278. The highest BCUT2D eigenvalue weighted by Gasteiger charge is 2.44. The van der Waals surface area contributed by atoms with Crippen molar-refractivity contribution in [3.05, 3.63) is 63.3 Å². The van der Waals surface area contributed by atoms with E-state index < -0.39 is 6.04 Å². The predicted molar refractivity (Wildman–Crippen MR) is 133 cm³/mol. The number of ketones is 1. The Morgan fingerprint density at radius 2 is 1.88 bits per heavy atom. The molecule has 1 unspecified atom stereocenters. The number of ether oxygens (including phenoxy) is 1. The van der Waals surface area contributed by atoms with Crippen LogP contribution in [0.1, 0.15) is 52.1 Å². The molecule has 0 saturated heterocycles. The number of hydrogen-bond donors (Lipinski definition) is 1. The summed E-state index contributed by atoms with van der Waals surface area (Å²) in [6.07, 6.45) is 1.04. The molecule has 7 heteroatoms. The van der Waals surface area contributed by atoms with Gasteiger partial charge in [0.1, 0.15) is 5.75 Å². The van der Waals surface area contributed by atoms with Crippen molar-refractivity contribution in [1.82, 2.24) is 0 Å². The SMILES string of the molecule is COc1c(Cl)cc(Cl)cc1C1C2=C(CC(C)(C)CC2=O)Nc2ccccc2N1C(=O)C(C)C. The van der Waals surface area contributed by atoms with Gasteiger partial charge in [0.15, 0.2) is 5.78 Å². The normalized spacial score (nSPS) is 19.6. The number of hydrogen-bond acceptors (Lipinski definition) is 4. The molecule has 0 radical (unpaired) electrons. The van der Waals surface area contributed by atoms with Crippen molar-refractivity contribution < 1.29 is 14.3 Å². The first kappa shape index (κ1) is 23.7. The number of amides is 1. The van der Waals surface area contributed by atoms with Crippen molar-refractivity contribution in [3.63, 3.8) is 0 Å². The molecule has 4 rings (SSSR count). The van der Waals surface area contributed by atoms with E-state index in [0.29, 0.717) is 45.5 Å². The average Bonchev–Trinajstić information content (AvgIpc) is 2.85. The first-order valence-electron chi connectivity index (χ1n) is 11.0. The van der Waals surface area contributed by atoms with Crippen molar-refractivity contribution in [2.24, 2.45) is 11.3 Å². The fourth-order valence-corrected chi connectivity index (χ4v) is 5.39. The number of anilines is 2. The number of fused-ring (bicyclic) bond motifs is 1. The number of benzene rings is 2. The van der Waals surface area contributed by atoms with Crippen LogP contribution in [0, 0.1) is 11.3 Å². The molecule has 0 aromatic heterocycles. The highest BCUT2D eigenvalue weighted by Crippen LogP contribution is 2.51. The number of allylic oxidation sites excluding steroid dienone is 1. The summed E-state index contributed by atoms with van der Waals surface area (Å²) in [4.78, 5) is 29.1. The quantitative estimate of drug-likeness (QED) is 0.517. The van der Waals surface area contributed by atoms with Crippen LogP contribution in [0.5, 0.6) is 5.75 Å². The Hall–Kier alpha value is -2.50. The summed E-state index contributed by atoms with van der Waals surface area (Å²) in [5, 5.41) is 4.23. The molecule has 33 heavy (non-hydrogen) atoms. The molecule has 1 amide bonds. The number of rotatable bonds is 3. The molecule has 2 aliphatic rings. The van der Waals surface area contributed by atoms with Crippen LogP contribution < -0.4 is 15.0 Å². The van der Waals surface area contributed by atoms with Crippen LogP contribution in [-0.2, 0) is 9.59 Å². The fraction of sp³-hybridized carbons (Fsp3) is 0.385. The van der Waals surface area contributed by atoms with Crippen LogP contribution in [0.2, 0.25) is 10.0 Å². The maximum Gasteiger partial charge on any atom is 0.230 e. The summed E-state index contributed by atoms with van der Waals surface area (Å²) in [6.45, 7) is 7.86. The third-order valence-electron chi connectivity index (χ3n) is 6.17. The maximum atomic E-state index is 13.7. The first-order chi connectivity index (χ1) is 15.5. The lowest BCUT2D eigenvalue weighted by molar-refractivity contribution is -0.122. The Bertz CT molecular complexity index is 1170. The Kier molecular flexibility index (Phi) is 6.23. The molecule has 1 aliphatic heterocycles. The molecular formula is C26H28Cl2N2O3. The van der Waals surface area contributed by atoms with E-state index in [9.17, 15) is 9.59 Å². The number of Topliss-reactive ketones (excluding diaryl/α,β-unsaturated/α-hetero) is 1. The maximum absolute atomic E-state index is 13.7. The monoisotopic (exact) mass is 486 g/mol. The van der Waals surface area contributed by atoms with Crippen LogP contribution in [0.25, 0.3) is 0 Å². The van der Waals surface area contributed by atoms with Crippen LogP contribution in [0.15, 0.2) is 47.7 Å². The lowest BCUT2D eigenvalue weighted by Crippen LogP contribution is -2.41. The van der Waals surface area contributed by atoms with Gasteiger partial charge in [0.25, 0.3) is 0 Å². The van der Waals surface area contributed by atoms with Crippen LogP contribution in [0.4, 0.5) is 11.4 Å². The number of para-hydroxylation sites is 2. The fourth-order valence-electron chi connectivity index (χ4n) is 4.80. The highest BCUT2D eigenvalue weighted by molar-refractivity contribution is 6.35. The minimum absolute atomic E-state index is 0.00809. The molecule has 0 bridgehead atoms. The van der Waals surface area contributed by atoms with E-state index in [1.54, 1.807) is 17.0 Å². The lowest BCUT2D eigenvalue weighted by Gasteiger charge is -2.38. The number of nitrogens with zero attached hydrogens (tertiary/aromatic N) is 1. The molecule has 1 atom stereocenters.